The van der Waals surface area contributed by atoms with Crippen molar-refractivity contribution in [3.63, 3.8) is 0 Å². The van der Waals surface area contributed by atoms with Gasteiger partial charge in [-0.25, -0.2) is 4.98 Å². The van der Waals surface area contributed by atoms with Gasteiger partial charge in [-0.3, -0.25) is 4.90 Å². The molecule has 1 atom stereocenters. The minimum Gasteiger partial charge on any atom is -0.326 e. The molecule has 1 aromatic heterocycles. The monoisotopic (exact) mass is 247 g/mol. The summed E-state index contributed by atoms with van der Waals surface area (Å²) in [6, 6.07) is 0.376. The molecule has 15 heavy (non-hydrogen) atoms. The Labute approximate surface area is 101 Å². The molecule has 5 heteroatoms. The van der Waals surface area contributed by atoms with E-state index in [2.05, 4.69) is 16.8 Å². The maximum Gasteiger partial charge on any atom is 0.107 e. The van der Waals surface area contributed by atoms with Crippen molar-refractivity contribution < 1.29 is 0 Å². The van der Waals surface area contributed by atoms with Gasteiger partial charge in [0.1, 0.15) is 5.01 Å². The number of hydrogen-bond acceptors (Lipinski definition) is 4. The summed E-state index contributed by atoms with van der Waals surface area (Å²) in [5.41, 5.74) is 5.85. The van der Waals surface area contributed by atoms with Gasteiger partial charge in [-0.2, -0.15) is 0 Å². The third-order valence-electron chi connectivity index (χ3n) is 2.62. The predicted molar refractivity (Wildman–Crippen MR) is 66.6 cm³/mol. The Bertz CT molecular complexity index is 303. The number of nitrogens with zero attached hydrogens (tertiary/aromatic N) is 2. The summed E-state index contributed by atoms with van der Waals surface area (Å²) in [6.07, 6.45) is 4.22. The van der Waals surface area contributed by atoms with Crippen LogP contribution in [0.2, 0.25) is 0 Å². The van der Waals surface area contributed by atoms with Crippen molar-refractivity contribution in [1.29, 1.82) is 0 Å². The molecule has 1 aromatic rings. The van der Waals surface area contributed by atoms with Gasteiger partial charge in [-0.05, 0) is 12.8 Å². The Kier molecular flexibility index (Phi) is 4.99. The van der Waals surface area contributed by atoms with E-state index in [-0.39, 0.29) is 12.4 Å². The Morgan fingerprint density at radius 3 is 3.00 bits per heavy atom. The molecule has 1 aliphatic heterocycles. The number of likely N-dealkylation sites (tertiary alicyclic amines) is 1. The number of aryl methyl sites for hydroxylation is 1. The number of hydrogen-bond donors (Lipinski definition) is 1. The fourth-order valence-corrected chi connectivity index (χ4v) is 2.69. The predicted octanol–water partition coefficient (Wildman–Crippen LogP) is 1.66. The van der Waals surface area contributed by atoms with E-state index in [1.807, 2.05) is 17.5 Å². The molecule has 0 amide bonds. The van der Waals surface area contributed by atoms with Crippen LogP contribution in [-0.4, -0.2) is 29.0 Å². The Morgan fingerprint density at radius 2 is 2.47 bits per heavy atom. The third kappa shape index (κ3) is 3.41. The Morgan fingerprint density at radius 1 is 1.67 bits per heavy atom. The highest BCUT2D eigenvalue weighted by atomic mass is 35.5. The van der Waals surface area contributed by atoms with Crippen LogP contribution < -0.4 is 5.73 Å². The first-order chi connectivity index (χ1) is 6.78. The van der Waals surface area contributed by atoms with E-state index in [4.69, 9.17) is 5.73 Å². The first-order valence-electron chi connectivity index (χ1n) is 5.19. The van der Waals surface area contributed by atoms with E-state index in [9.17, 15) is 0 Å². The van der Waals surface area contributed by atoms with Crippen LogP contribution >= 0.6 is 23.7 Å². The van der Waals surface area contributed by atoms with Crippen LogP contribution in [0.15, 0.2) is 6.20 Å². The topological polar surface area (TPSA) is 42.2 Å². The minimum atomic E-state index is 0. The molecule has 3 nitrogen and oxygen atoms in total. The number of aromatic nitrogens is 1. The highest BCUT2D eigenvalue weighted by Crippen LogP contribution is 2.17. The second-order valence-corrected chi connectivity index (χ2v) is 5.06. The van der Waals surface area contributed by atoms with E-state index in [0.717, 1.165) is 32.5 Å². The van der Waals surface area contributed by atoms with Gasteiger partial charge >= 0.3 is 0 Å². The van der Waals surface area contributed by atoms with Crippen molar-refractivity contribution in [2.24, 2.45) is 5.73 Å². The van der Waals surface area contributed by atoms with Gasteiger partial charge in [0.05, 0.1) is 6.54 Å². The lowest BCUT2D eigenvalue weighted by molar-refractivity contribution is 0.326. The van der Waals surface area contributed by atoms with Crippen molar-refractivity contribution in [2.75, 3.05) is 13.1 Å². The lowest BCUT2D eigenvalue weighted by Crippen LogP contribution is -2.26. The highest BCUT2D eigenvalue weighted by Gasteiger charge is 2.19. The van der Waals surface area contributed by atoms with Gasteiger partial charge in [0.2, 0.25) is 0 Å². The van der Waals surface area contributed by atoms with Crippen LogP contribution in [-0.2, 0) is 13.0 Å². The fourth-order valence-electron chi connectivity index (χ4n) is 1.78. The maximum atomic E-state index is 5.85. The molecule has 1 unspecified atom stereocenters. The van der Waals surface area contributed by atoms with Crippen LogP contribution in [0, 0.1) is 0 Å². The van der Waals surface area contributed by atoms with E-state index < -0.39 is 0 Å². The molecule has 86 valence electrons. The number of rotatable bonds is 3. The summed E-state index contributed by atoms with van der Waals surface area (Å²) in [4.78, 5) is 8.18. The number of nitrogens with two attached hydrogens (primary N) is 1. The summed E-state index contributed by atoms with van der Waals surface area (Å²) in [5, 5.41) is 1.23. The van der Waals surface area contributed by atoms with Crippen LogP contribution in [0.25, 0.3) is 0 Å². The Balaban J connectivity index is 0.00000112. The molecule has 2 N–H and O–H groups in total. The van der Waals surface area contributed by atoms with Gasteiger partial charge in [0.15, 0.2) is 0 Å². The van der Waals surface area contributed by atoms with Gasteiger partial charge in [0, 0.05) is 30.2 Å². The van der Waals surface area contributed by atoms with Crippen LogP contribution in [0.1, 0.15) is 23.2 Å². The molecule has 1 aliphatic rings. The first-order valence-corrected chi connectivity index (χ1v) is 6.01. The molecule has 1 fully saturated rings. The second-order valence-electron chi connectivity index (χ2n) is 3.86. The van der Waals surface area contributed by atoms with Crippen LogP contribution in [0.4, 0.5) is 0 Å². The summed E-state index contributed by atoms with van der Waals surface area (Å²) >= 11 is 1.83. The smallest absolute Gasteiger partial charge is 0.107 e. The lowest BCUT2D eigenvalue weighted by Gasteiger charge is -2.12. The second kappa shape index (κ2) is 5.80. The van der Waals surface area contributed by atoms with Crippen LogP contribution in [0.5, 0.6) is 0 Å². The van der Waals surface area contributed by atoms with E-state index >= 15 is 0 Å². The average molecular weight is 248 g/mol. The zero-order chi connectivity index (χ0) is 9.97. The zero-order valence-corrected chi connectivity index (χ0v) is 10.6. The molecule has 0 bridgehead atoms. The fraction of sp³-hybridized carbons (Fsp3) is 0.700. The standard InChI is InChI=1S/C10H17N3S.ClH/c1-2-9-5-12-10(14-9)7-13-4-3-8(11)6-13;/h5,8H,2-4,6-7,11H2,1H3;1H. The highest BCUT2D eigenvalue weighted by molar-refractivity contribution is 7.11. The first kappa shape index (κ1) is 12.9. The van der Waals surface area contributed by atoms with Crippen molar-refractivity contribution in [2.45, 2.75) is 32.4 Å². The maximum absolute atomic E-state index is 5.85. The lowest BCUT2D eigenvalue weighted by atomic mass is 10.3. The molecule has 1 saturated heterocycles. The van der Waals surface area contributed by atoms with E-state index in [1.54, 1.807) is 0 Å². The SMILES string of the molecule is CCc1cnc(CN2CCC(N)C2)s1.Cl. The summed E-state index contributed by atoms with van der Waals surface area (Å²) in [5.74, 6) is 0. The molecule has 0 radical (unpaired) electrons. The summed E-state index contributed by atoms with van der Waals surface area (Å²) < 4.78 is 0. The zero-order valence-electron chi connectivity index (χ0n) is 8.98. The van der Waals surface area contributed by atoms with Gasteiger partial charge < -0.3 is 5.73 Å². The molecule has 2 heterocycles. The molecule has 0 saturated carbocycles. The number of halogens is 1. The third-order valence-corrected chi connectivity index (χ3v) is 3.74. The van der Waals surface area contributed by atoms with Crippen molar-refractivity contribution in [3.8, 4) is 0 Å². The van der Waals surface area contributed by atoms with Gasteiger partial charge in [-0.1, -0.05) is 6.92 Å². The molecule has 0 aliphatic carbocycles. The van der Waals surface area contributed by atoms with E-state index in [1.165, 1.54) is 9.88 Å². The van der Waals surface area contributed by atoms with E-state index in [0.29, 0.717) is 6.04 Å². The van der Waals surface area contributed by atoms with Crippen molar-refractivity contribution >= 4 is 23.7 Å². The molecular weight excluding hydrogens is 230 g/mol. The van der Waals surface area contributed by atoms with Gasteiger partial charge in [0.25, 0.3) is 0 Å². The molecule has 0 aromatic carbocycles. The summed E-state index contributed by atoms with van der Waals surface area (Å²) in [7, 11) is 0. The van der Waals surface area contributed by atoms with Crippen molar-refractivity contribution in [3.05, 3.63) is 16.1 Å². The van der Waals surface area contributed by atoms with Gasteiger partial charge in [-0.15, -0.1) is 23.7 Å². The molecular formula is C10H18ClN3S. The van der Waals surface area contributed by atoms with Crippen LogP contribution in [0.3, 0.4) is 0 Å². The minimum absolute atomic E-state index is 0. The Hall–Kier alpha value is -0.160. The molecule has 0 spiro atoms. The quantitative estimate of drug-likeness (QED) is 0.884. The normalized spacial score (nSPS) is 21.6. The summed E-state index contributed by atoms with van der Waals surface area (Å²) in [6.45, 7) is 5.31. The average Bonchev–Trinajstić information content (AvgIpc) is 2.76. The van der Waals surface area contributed by atoms with Crippen molar-refractivity contribution in [1.82, 2.24) is 9.88 Å². The largest absolute Gasteiger partial charge is 0.326 e. The number of thiazole rings is 1. The molecule has 2 rings (SSSR count).